The van der Waals surface area contributed by atoms with Crippen molar-refractivity contribution in [3.63, 3.8) is 0 Å². The van der Waals surface area contributed by atoms with Gasteiger partial charge in [-0.05, 0) is 11.6 Å². The maximum atomic E-state index is 5.42. The number of nitrogens with one attached hydrogen (secondary N) is 1. The molecule has 2 aromatic heterocycles. The molecule has 9 heteroatoms. The fraction of sp³-hybridized carbons (Fsp3) is 0.429. The van der Waals surface area contributed by atoms with Crippen LogP contribution in [0, 0.1) is 0 Å². The molecule has 0 amide bonds. The molecule has 0 aliphatic carbocycles. The second-order valence-corrected chi connectivity index (χ2v) is 4.84. The molecule has 0 atom stereocenters. The van der Waals surface area contributed by atoms with Crippen molar-refractivity contribution >= 4 is 17.5 Å². The minimum atomic E-state index is 0.203. The summed E-state index contributed by atoms with van der Waals surface area (Å²) < 4.78 is 9.81. The van der Waals surface area contributed by atoms with Crippen LogP contribution in [0.4, 0.5) is 5.95 Å². The summed E-state index contributed by atoms with van der Waals surface area (Å²) in [4.78, 5) is 18.0. The number of aromatic nitrogens is 4. The second-order valence-electron chi connectivity index (χ2n) is 4.50. The Morgan fingerprint density at radius 3 is 2.17 bits per heavy atom. The van der Waals surface area contributed by atoms with Crippen molar-refractivity contribution in [1.29, 1.82) is 0 Å². The fourth-order valence-electron chi connectivity index (χ4n) is 1.90. The van der Waals surface area contributed by atoms with E-state index < -0.39 is 0 Å². The second kappa shape index (κ2) is 9.06. The quantitative estimate of drug-likeness (QED) is 0.831. The molecule has 3 heterocycles. The Kier molecular flexibility index (Phi) is 6.76. The minimum Gasteiger partial charge on any atom is -0.481 e. The predicted octanol–water partition coefficient (Wildman–Crippen LogP) is 1.03. The molecule has 2 aromatic rings. The van der Waals surface area contributed by atoms with Gasteiger partial charge in [0.25, 0.3) is 0 Å². The topological polar surface area (TPSA) is 85.3 Å². The van der Waals surface area contributed by atoms with Gasteiger partial charge in [-0.3, -0.25) is 0 Å². The van der Waals surface area contributed by atoms with Gasteiger partial charge in [-0.2, -0.15) is 9.97 Å². The van der Waals surface area contributed by atoms with E-state index in [9.17, 15) is 0 Å². The Labute approximate surface area is 139 Å². The standard InChI is InChI=1S/C9H14N4O.C5H5ClN2O/c1-14-8-2-3-11-9(12-8)13-6-4-10-5-7-13;1-9-4-2-3-7-5(6)8-4/h2-3,10H,4-7H2,1H3;2-3H,1H3. The highest BCUT2D eigenvalue weighted by Crippen LogP contribution is 2.12. The predicted molar refractivity (Wildman–Crippen MR) is 87.3 cm³/mol. The molecule has 0 unspecified atom stereocenters. The molecule has 0 radical (unpaired) electrons. The lowest BCUT2D eigenvalue weighted by Gasteiger charge is -2.27. The van der Waals surface area contributed by atoms with Crippen LogP contribution in [0.3, 0.4) is 0 Å². The first-order chi connectivity index (χ1) is 11.2. The van der Waals surface area contributed by atoms with Crippen LogP contribution < -0.4 is 19.7 Å². The Hall–Kier alpha value is -2.19. The van der Waals surface area contributed by atoms with Crippen LogP contribution >= 0.6 is 11.6 Å². The third kappa shape index (κ3) is 5.50. The number of anilines is 1. The van der Waals surface area contributed by atoms with Crippen LogP contribution in [0.25, 0.3) is 0 Å². The maximum absolute atomic E-state index is 5.42. The van der Waals surface area contributed by atoms with Gasteiger partial charge in [0.05, 0.1) is 14.2 Å². The number of methoxy groups -OCH3 is 2. The van der Waals surface area contributed by atoms with E-state index in [1.165, 1.54) is 13.3 Å². The molecular weight excluding hydrogens is 320 g/mol. The van der Waals surface area contributed by atoms with Crippen LogP contribution in [-0.4, -0.2) is 60.3 Å². The van der Waals surface area contributed by atoms with Gasteiger partial charge >= 0.3 is 0 Å². The average Bonchev–Trinajstić information content (AvgIpc) is 2.63. The summed E-state index contributed by atoms with van der Waals surface area (Å²) in [5.41, 5.74) is 0. The third-order valence-corrected chi connectivity index (χ3v) is 3.22. The summed E-state index contributed by atoms with van der Waals surface area (Å²) in [6.07, 6.45) is 3.26. The largest absolute Gasteiger partial charge is 0.481 e. The molecule has 0 aromatic carbocycles. The highest BCUT2D eigenvalue weighted by molar-refractivity contribution is 6.28. The van der Waals surface area contributed by atoms with E-state index in [0.717, 1.165) is 32.1 Å². The number of hydrogen-bond acceptors (Lipinski definition) is 8. The molecule has 1 saturated heterocycles. The normalized spacial score (nSPS) is 13.8. The molecule has 124 valence electrons. The van der Waals surface area contributed by atoms with Crippen molar-refractivity contribution in [2.45, 2.75) is 0 Å². The van der Waals surface area contributed by atoms with E-state index in [-0.39, 0.29) is 5.28 Å². The summed E-state index contributed by atoms with van der Waals surface area (Å²) in [5, 5.41) is 3.49. The molecule has 3 rings (SSSR count). The molecule has 1 aliphatic heterocycles. The zero-order valence-electron chi connectivity index (χ0n) is 13.1. The van der Waals surface area contributed by atoms with Gasteiger partial charge in [0.2, 0.25) is 23.0 Å². The van der Waals surface area contributed by atoms with Gasteiger partial charge in [0.1, 0.15) is 0 Å². The van der Waals surface area contributed by atoms with Crippen LogP contribution in [0.15, 0.2) is 24.5 Å². The summed E-state index contributed by atoms with van der Waals surface area (Å²) in [5.74, 6) is 1.86. The zero-order valence-corrected chi connectivity index (χ0v) is 13.8. The first-order valence-electron chi connectivity index (χ1n) is 7.08. The monoisotopic (exact) mass is 338 g/mol. The smallest absolute Gasteiger partial charge is 0.228 e. The Morgan fingerprint density at radius 1 is 1.00 bits per heavy atom. The van der Waals surface area contributed by atoms with Crippen LogP contribution in [0.2, 0.25) is 5.28 Å². The highest BCUT2D eigenvalue weighted by Gasteiger charge is 2.12. The van der Waals surface area contributed by atoms with E-state index >= 15 is 0 Å². The van der Waals surface area contributed by atoms with Gasteiger partial charge < -0.3 is 19.7 Å². The summed E-state index contributed by atoms with van der Waals surface area (Å²) in [7, 11) is 3.14. The Balaban J connectivity index is 0.000000185. The molecule has 1 fully saturated rings. The van der Waals surface area contributed by atoms with E-state index in [1.807, 2.05) is 0 Å². The minimum absolute atomic E-state index is 0.203. The van der Waals surface area contributed by atoms with Gasteiger partial charge in [-0.1, -0.05) is 0 Å². The summed E-state index contributed by atoms with van der Waals surface area (Å²) >= 11 is 5.42. The number of piperazine rings is 1. The van der Waals surface area contributed by atoms with Crippen molar-refractivity contribution in [3.05, 3.63) is 29.8 Å². The average molecular weight is 339 g/mol. The first-order valence-corrected chi connectivity index (χ1v) is 7.46. The molecule has 0 spiro atoms. The van der Waals surface area contributed by atoms with E-state index in [1.54, 1.807) is 25.4 Å². The fourth-order valence-corrected chi connectivity index (χ4v) is 2.04. The van der Waals surface area contributed by atoms with Crippen molar-refractivity contribution in [2.75, 3.05) is 45.3 Å². The number of nitrogens with zero attached hydrogens (tertiary/aromatic N) is 5. The lowest BCUT2D eigenvalue weighted by Crippen LogP contribution is -2.44. The van der Waals surface area contributed by atoms with Gasteiger partial charge in [0, 0.05) is 50.7 Å². The molecule has 23 heavy (non-hydrogen) atoms. The summed E-state index contributed by atoms with van der Waals surface area (Å²) in [6.45, 7) is 3.88. The maximum Gasteiger partial charge on any atom is 0.228 e. The van der Waals surface area contributed by atoms with Gasteiger partial charge in [0.15, 0.2) is 0 Å². The third-order valence-electron chi connectivity index (χ3n) is 3.04. The lowest BCUT2D eigenvalue weighted by atomic mass is 10.4. The van der Waals surface area contributed by atoms with Crippen molar-refractivity contribution < 1.29 is 9.47 Å². The molecule has 8 nitrogen and oxygen atoms in total. The van der Waals surface area contributed by atoms with E-state index in [2.05, 4.69) is 30.2 Å². The Bertz CT molecular complexity index is 609. The number of rotatable bonds is 3. The highest BCUT2D eigenvalue weighted by atomic mass is 35.5. The van der Waals surface area contributed by atoms with Gasteiger partial charge in [-0.15, -0.1) is 0 Å². The van der Waals surface area contributed by atoms with Crippen LogP contribution in [-0.2, 0) is 0 Å². The number of hydrogen-bond donors (Lipinski definition) is 1. The first kappa shape index (κ1) is 17.2. The molecule has 0 saturated carbocycles. The van der Waals surface area contributed by atoms with Crippen LogP contribution in [0.5, 0.6) is 11.8 Å². The SMILES string of the molecule is COc1ccnc(Cl)n1.COc1ccnc(N2CCNCC2)n1. The molecule has 1 aliphatic rings. The lowest BCUT2D eigenvalue weighted by molar-refractivity contribution is 0.396. The summed E-state index contributed by atoms with van der Waals surface area (Å²) in [6, 6.07) is 3.39. The molecule has 0 bridgehead atoms. The van der Waals surface area contributed by atoms with E-state index in [4.69, 9.17) is 21.1 Å². The van der Waals surface area contributed by atoms with E-state index in [0.29, 0.717) is 11.8 Å². The molecule has 1 N–H and O–H groups in total. The van der Waals surface area contributed by atoms with Crippen molar-refractivity contribution in [2.24, 2.45) is 0 Å². The molecular formula is C14H19ClN6O2. The van der Waals surface area contributed by atoms with Gasteiger partial charge in [-0.25, -0.2) is 9.97 Å². The zero-order chi connectivity index (χ0) is 16.5. The van der Waals surface area contributed by atoms with Crippen molar-refractivity contribution in [1.82, 2.24) is 25.3 Å². The Morgan fingerprint density at radius 2 is 1.61 bits per heavy atom. The van der Waals surface area contributed by atoms with Crippen molar-refractivity contribution in [3.8, 4) is 11.8 Å². The number of ether oxygens (including phenoxy) is 2. The number of halogens is 1. The van der Waals surface area contributed by atoms with Crippen LogP contribution in [0.1, 0.15) is 0 Å².